The summed E-state index contributed by atoms with van der Waals surface area (Å²) in [6, 6.07) is 0. The number of alkyl halides is 3. The highest BCUT2D eigenvalue weighted by Gasteiger charge is 2.27. The first kappa shape index (κ1) is 12.3. The number of nitrogens with zero attached hydrogens (tertiary/aromatic N) is 2. The predicted octanol–water partition coefficient (Wildman–Crippen LogP) is 2.01. The number of halogens is 3. The number of fused-ring (bicyclic) bond motifs is 1. The highest BCUT2D eigenvalue weighted by atomic mass is 19.4. The minimum Gasteiger partial charge on any atom is -0.313 e. The third kappa shape index (κ3) is 3.66. The molecule has 1 aliphatic rings. The number of hydrogen-bond acceptors (Lipinski definition) is 3. The summed E-state index contributed by atoms with van der Waals surface area (Å²) in [6.45, 7) is 1.61. The van der Waals surface area contributed by atoms with Crippen molar-refractivity contribution in [2.75, 3.05) is 6.54 Å². The summed E-state index contributed by atoms with van der Waals surface area (Å²) in [7, 11) is 0. The van der Waals surface area contributed by atoms with Gasteiger partial charge in [0, 0.05) is 30.4 Å². The average molecular weight is 245 g/mol. The van der Waals surface area contributed by atoms with Gasteiger partial charge in [0.05, 0.1) is 6.42 Å². The predicted molar refractivity (Wildman–Crippen MR) is 56.4 cm³/mol. The van der Waals surface area contributed by atoms with Crippen LogP contribution in [0.1, 0.15) is 29.9 Å². The van der Waals surface area contributed by atoms with E-state index in [1.807, 2.05) is 0 Å². The van der Waals surface area contributed by atoms with Crippen LogP contribution < -0.4 is 5.32 Å². The van der Waals surface area contributed by atoms with Crippen molar-refractivity contribution >= 4 is 0 Å². The van der Waals surface area contributed by atoms with Gasteiger partial charge in [-0.15, -0.1) is 0 Å². The average Bonchev–Trinajstić information content (AvgIpc) is 2.49. The highest BCUT2D eigenvalue weighted by molar-refractivity contribution is 5.19. The lowest BCUT2D eigenvalue weighted by Crippen LogP contribution is -2.13. The molecule has 0 spiro atoms. The first-order valence-corrected chi connectivity index (χ1v) is 5.66. The van der Waals surface area contributed by atoms with Gasteiger partial charge in [-0.3, -0.25) is 0 Å². The van der Waals surface area contributed by atoms with Crippen molar-refractivity contribution in [2.45, 2.75) is 38.4 Å². The summed E-state index contributed by atoms with van der Waals surface area (Å²) in [5, 5.41) is 3.22. The molecule has 0 aromatic carbocycles. The van der Waals surface area contributed by atoms with Gasteiger partial charge in [-0.2, -0.15) is 13.2 Å². The SMILES string of the molecule is FC(F)(F)CCc1ncc2c(n1)CCCNC2. The first-order chi connectivity index (χ1) is 8.04. The van der Waals surface area contributed by atoms with Crippen molar-refractivity contribution in [1.82, 2.24) is 15.3 Å². The van der Waals surface area contributed by atoms with Gasteiger partial charge in [-0.1, -0.05) is 0 Å². The molecule has 0 bridgehead atoms. The number of rotatable bonds is 2. The van der Waals surface area contributed by atoms with E-state index in [4.69, 9.17) is 0 Å². The Bertz CT molecular complexity index is 390. The fourth-order valence-electron chi connectivity index (χ4n) is 1.83. The van der Waals surface area contributed by atoms with Crippen LogP contribution in [0.3, 0.4) is 0 Å². The largest absolute Gasteiger partial charge is 0.389 e. The van der Waals surface area contributed by atoms with Gasteiger partial charge < -0.3 is 5.32 Å². The van der Waals surface area contributed by atoms with E-state index < -0.39 is 12.6 Å². The second-order valence-corrected chi connectivity index (χ2v) is 4.15. The number of hydrogen-bond donors (Lipinski definition) is 1. The molecule has 17 heavy (non-hydrogen) atoms. The van der Waals surface area contributed by atoms with Crippen molar-refractivity contribution in [3.05, 3.63) is 23.3 Å². The molecule has 94 valence electrons. The maximum Gasteiger partial charge on any atom is 0.389 e. The van der Waals surface area contributed by atoms with Crippen molar-refractivity contribution in [2.24, 2.45) is 0 Å². The van der Waals surface area contributed by atoms with Gasteiger partial charge in [0.1, 0.15) is 5.82 Å². The maximum absolute atomic E-state index is 12.1. The third-order valence-corrected chi connectivity index (χ3v) is 2.72. The van der Waals surface area contributed by atoms with E-state index in [0.717, 1.165) is 30.6 Å². The molecular weight excluding hydrogens is 231 g/mol. The van der Waals surface area contributed by atoms with Gasteiger partial charge in [-0.05, 0) is 19.4 Å². The van der Waals surface area contributed by atoms with Gasteiger partial charge in [0.25, 0.3) is 0 Å². The van der Waals surface area contributed by atoms with Crippen LogP contribution in [0.25, 0.3) is 0 Å². The lowest BCUT2D eigenvalue weighted by molar-refractivity contribution is -0.134. The van der Waals surface area contributed by atoms with Gasteiger partial charge in [-0.25, -0.2) is 9.97 Å². The normalized spacial score (nSPS) is 16.4. The molecule has 0 amide bonds. The zero-order valence-corrected chi connectivity index (χ0v) is 9.35. The lowest BCUT2D eigenvalue weighted by Gasteiger charge is -2.08. The molecule has 0 fully saturated rings. The maximum atomic E-state index is 12.1. The van der Waals surface area contributed by atoms with E-state index >= 15 is 0 Å². The van der Waals surface area contributed by atoms with Crippen LogP contribution in [0.5, 0.6) is 0 Å². The second kappa shape index (κ2) is 5.00. The fourth-order valence-corrected chi connectivity index (χ4v) is 1.83. The van der Waals surface area contributed by atoms with E-state index in [1.54, 1.807) is 6.20 Å². The molecule has 0 radical (unpaired) electrons. The standard InChI is InChI=1S/C11H14F3N3/c12-11(13,14)4-3-10-16-7-8-6-15-5-1-2-9(8)17-10/h7,15H,1-6H2. The molecule has 2 heterocycles. The van der Waals surface area contributed by atoms with Crippen LogP contribution in [0.4, 0.5) is 13.2 Å². The lowest BCUT2D eigenvalue weighted by atomic mass is 10.1. The molecule has 1 aromatic heterocycles. The molecule has 1 N–H and O–H groups in total. The molecule has 0 aliphatic carbocycles. The Morgan fingerprint density at radius 2 is 2.18 bits per heavy atom. The quantitative estimate of drug-likeness (QED) is 0.866. The van der Waals surface area contributed by atoms with E-state index in [-0.39, 0.29) is 6.42 Å². The van der Waals surface area contributed by atoms with E-state index in [0.29, 0.717) is 12.4 Å². The van der Waals surface area contributed by atoms with E-state index in [1.165, 1.54) is 0 Å². The van der Waals surface area contributed by atoms with Crippen molar-refractivity contribution < 1.29 is 13.2 Å². The summed E-state index contributed by atoms with van der Waals surface area (Å²) >= 11 is 0. The number of aromatic nitrogens is 2. The summed E-state index contributed by atoms with van der Waals surface area (Å²) in [5.41, 5.74) is 1.89. The Labute approximate surface area is 97.5 Å². The second-order valence-electron chi connectivity index (χ2n) is 4.15. The van der Waals surface area contributed by atoms with Crippen molar-refractivity contribution in [3.8, 4) is 0 Å². The Kier molecular flexibility index (Phi) is 3.61. The Morgan fingerprint density at radius 1 is 1.35 bits per heavy atom. The Balaban J connectivity index is 2.07. The molecule has 0 saturated carbocycles. The molecule has 3 nitrogen and oxygen atoms in total. The summed E-state index contributed by atoms with van der Waals surface area (Å²) in [4.78, 5) is 8.21. The van der Waals surface area contributed by atoms with Gasteiger partial charge in [0.2, 0.25) is 0 Å². The van der Waals surface area contributed by atoms with Crippen LogP contribution in [-0.2, 0) is 19.4 Å². The Hall–Kier alpha value is -1.17. The molecule has 2 rings (SSSR count). The molecular formula is C11H14F3N3. The minimum atomic E-state index is -4.14. The molecule has 0 unspecified atom stereocenters. The zero-order chi connectivity index (χ0) is 12.3. The molecule has 1 aliphatic heterocycles. The smallest absolute Gasteiger partial charge is 0.313 e. The van der Waals surface area contributed by atoms with Crippen LogP contribution in [0.2, 0.25) is 0 Å². The topological polar surface area (TPSA) is 37.8 Å². The van der Waals surface area contributed by atoms with Gasteiger partial charge >= 0.3 is 6.18 Å². The van der Waals surface area contributed by atoms with E-state index in [9.17, 15) is 13.2 Å². The Morgan fingerprint density at radius 3 is 2.94 bits per heavy atom. The van der Waals surface area contributed by atoms with Crippen LogP contribution in [0, 0.1) is 0 Å². The molecule has 0 atom stereocenters. The fraction of sp³-hybridized carbons (Fsp3) is 0.636. The summed E-state index contributed by atoms with van der Waals surface area (Å²) < 4.78 is 36.2. The minimum absolute atomic E-state index is 0.135. The van der Waals surface area contributed by atoms with Crippen LogP contribution in [0.15, 0.2) is 6.20 Å². The zero-order valence-electron chi connectivity index (χ0n) is 9.35. The number of aryl methyl sites for hydroxylation is 2. The van der Waals surface area contributed by atoms with Crippen LogP contribution in [-0.4, -0.2) is 22.7 Å². The monoisotopic (exact) mass is 245 g/mol. The highest BCUT2D eigenvalue weighted by Crippen LogP contribution is 2.21. The molecule has 1 aromatic rings. The molecule has 0 saturated heterocycles. The summed E-state index contributed by atoms with van der Waals surface area (Å²) in [5.74, 6) is 0.294. The van der Waals surface area contributed by atoms with E-state index in [2.05, 4.69) is 15.3 Å². The van der Waals surface area contributed by atoms with Crippen LogP contribution >= 0.6 is 0 Å². The first-order valence-electron chi connectivity index (χ1n) is 5.66. The third-order valence-electron chi connectivity index (χ3n) is 2.72. The molecule has 6 heteroatoms. The van der Waals surface area contributed by atoms with Crippen molar-refractivity contribution in [1.29, 1.82) is 0 Å². The van der Waals surface area contributed by atoms with Gasteiger partial charge in [0.15, 0.2) is 0 Å². The van der Waals surface area contributed by atoms with Crippen molar-refractivity contribution in [3.63, 3.8) is 0 Å². The summed E-state index contributed by atoms with van der Waals surface area (Å²) in [6.07, 6.45) is -1.72. The number of nitrogens with one attached hydrogen (secondary N) is 1.